The van der Waals surface area contributed by atoms with Crippen LogP contribution >= 0.6 is 0 Å². The Kier molecular flexibility index (Phi) is 2.41. The van der Waals surface area contributed by atoms with E-state index in [2.05, 4.69) is 20.8 Å². The number of fused-ring (bicyclic) bond motifs is 2. The first kappa shape index (κ1) is 11.3. The molecule has 1 heterocycles. The highest BCUT2D eigenvalue weighted by Crippen LogP contribution is 2.52. The first-order valence-electron chi connectivity index (χ1n) is 6.76. The van der Waals surface area contributed by atoms with Crippen LogP contribution in [0.5, 0.6) is 0 Å². The Morgan fingerprint density at radius 3 is 2.94 bits per heavy atom. The molecule has 0 saturated heterocycles. The predicted octanol–water partition coefficient (Wildman–Crippen LogP) is 3.10. The van der Waals surface area contributed by atoms with Crippen molar-refractivity contribution in [2.24, 2.45) is 17.3 Å². The third-order valence-corrected chi connectivity index (χ3v) is 5.54. The standard InChI is InChI=1S/C15H22O2/c1-9-8-17-14-6-11-4-5-13(16)10(2)15(11,3)7-12(9)14/h8,10-11,13,16H,4-7H2,1-3H3/t10-,11-,13-,15+/m1/s1. The Morgan fingerprint density at radius 2 is 2.18 bits per heavy atom. The number of furan rings is 1. The van der Waals surface area contributed by atoms with Gasteiger partial charge in [-0.1, -0.05) is 13.8 Å². The van der Waals surface area contributed by atoms with Crippen molar-refractivity contribution in [2.75, 3.05) is 0 Å². The van der Waals surface area contributed by atoms with Crippen LogP contribution in [0.3, 0.4) is 0 Å². The number of hydrogen-bond donors (Lipinski definition) is 1. The van der Waals surface area contributed by atoms with Gasteiger partial charge >= 0.3 is 0 Å². The van der Waals surface area contributed by atoms with Crippen molar-refractivity contribution < 1.29 is 9.52 Å². The molecule has 0 unspecified atom stereocenters. The van der Waals surface area contributed by atoms with Gasteiger partial charge in [-0.2, -0.15) is 0 Å². The summed E-state index contributed by atoms with van der Waals surface area (Å²) in [5, 5.41) is 10.1. The number of rotatable bonds is 0. The van der Waals surface area contributed by atoms with Gasteiger partial charge in [0.1, 0.15) is 5.76 Å². The number of aryl methyl sites for hydroxylation is 1. The molecule has 1 aromatic rings. The Hall–Kier alpha value is -0.760. The fourth-order valence-corrected chi connectivity index (χ4v) is 3.94. The van der Waals surface area contributed by atoms with E-state index in [0.717, 1.165) is 25.7 Å². The molecule has 4 atom stereocenters. The number of aliphatic hydroxyl groups excluding tert-OH is 1. The summed E-state index contributed by atoms with van der Waals surface area (Å²) in [6.07, 6.45) is 6.01. The van der Waals surface area contributed by atoms with Crippen molar-refractivity contribution in [3.63, 3.8) is 0 Å². The topological polar surface area (TPSA) is 33.4 Å². The van der Waals surface area contributed by atoms with Crippen LogP contribution in [-0.4, -0.2) is 11.2 Å². The summed E-state index contributed by atoms with van der Waals surface area (Å²) < 4.78 is 5.68. The molecule has 2 aliphatic carbocycles. The van der Waals surface area contributed by atoms with Gasteiger partial charge in [0, 0.05) is 6.42 Å². The second-order valence-corrected chi connectivity index (χ2v) is 6.34. The number of hydrogen-bond acceptors (Lipinski definition) is 2. The summed E-state index contributed by atoms with van der Waals surface area (Å²) in [6, 6.07) is 0. The van der Waals surface area contributed by atoms with Crippen LogP contribution in [-0.2, 0) is 12.8 Å². The average Bonchev–Trinajstić information content (AvgIpc) is 2.64. The second kappa shape index (κ2) is 3.61. The van der Waals surface area contributed by atoms with Crippen LogP contribution in [0.4, 0.5) is 0 Å². The number of aliphatic hydroxyl groups is 1. The van der Waals surface area contributed by atoms with Crippen LogP contribution in [0.25, 0.3) is 0 Å². The van der Waals surface area contributed by atoms with Crippen molar-refractivity contribution in [2.45, 2.75) is 52.6 Å². The maximum absolute atomic E-state index is 10.1. The molecular weight excluding hydrogens is 212 g/mol. The van der Waals surface area contributed by atoms with Gasteiger partial charge in [-0.15, -0.1) is 0 Å². The smallest absolute Gasteiger partial charge is 0.107 e. The van der Waals surface area contributed by atoms with Crippen LogP contribution in [0.15, 0.2) is 10.7 Å². The molecule has 0 bridgehead atoms. The van der Waals surface area contributed by atoms with Gasteiger partial charge in [0.05, 0.1) is 12.4 Å². The van der Waals surface area contributed by atoms with Crippen LogP contribution in [0.1, 0.15) is 43.6 Å². The van der Waals surface area contributed by atoms with Gasteiger partial charge in [0.15, 0.2) is 0 Å². The van der Waals surface area contributed by atoms with Crippen molar-refractivity contribution in [3.05, 3.63) is 23.2 Å². The summed E-state index contributed by atoms with van der Waals surface area (Å²) in [6.45, 7) is 6.72. The van der Waals surface area contributed by atoms with Gasteiger partial charge in [0.2, 0.25) is 0 Å². The minimum absolute atomic E-state index is 0.120. The fraction of sp³-hybridized carbons (Fsp3) is 0.733. The molecular formula is C15H22O2. The Bertz CT molecular complexity index is 434. The molecule has 94 valence electrons. The van der Waals surface area contributed by atoms with E-state index in [9.17, 15) is 5.11 Å². The summed E-state index contributed by atoms with van der Waals surface area (Å²) in [5.74, 6) is 2.27. The quantitative estimate of drug-likeness (QED) is 0.748. The van der Waals surface area contributed by atoms with E-state index in [-0.39, 0.29) is 11.5 Å². The van der Waals surface area contributed by atoms with Crippen molar-refractivity contribution in [3.8, 4) is 0 Å². The van der Waals surface area contributed by atoms with Gasteiger partial charge in [-0.05, 0) is 54.6 Å². The lowest BCUT2D eigenvalue weighted by atomic mass is 9.55. The van der Waals surface area contributed by atoms with Crippen molar-refractivity contribution in [1.29, 1.82) is 0 Å². The summed E-state index contributed by atoms with van der Waals surface area (Å²) >= 11 is 0. The molecule has 2 nitrogen and oxygen atoms in total. The van der Waals surface area contributed by atoms with Gasteiger partial charge in [-0.25, -0.2) is 0 Å². The van der Waals surface area contributed by atoms with E-state index in [4.69, 9.17) is 4.42 Å². The Balaban J connectivity index is 2.01. The van der Waals surface area contributed by atoms with E-state index in [0.29, 0.717) is 11.8 Å². The molecule has 17 heavy (non-hydrogen) atoms. The molecule has 3 rings (SSSR count). The zero-order valence-corrected chi connectivity index (χ0v) is 11.0. The largest absolute Gasteiger partial charge is 0.469 e. The van der Waals surface area contributed by atoms with Gasteiger partial charge in [-0.3, -0.25) is 0 Å². The van der Waals surface area contributed by atoms with E-state index in [1.165, 1.54) is 16.9 Å². The zero-order valence-electron chi connectivity index (χ0n) is 11.0. The monoisotopic (exact) mass is 234 g/mol. The molecule has 1 fully saturated rings. The first-order valence-corrected chi connectivity index (χ1v) is 6.76. The summed E-state index contributed by atoms with van der Waals surface area (Å²) in [4.78, 5) is 0. The van der Waals surface area contributed by atoms with Crippen LogP contribution in [0, 0.1) is 24.2 Å². The van der Waals surface area contributed by atoms with E-state index in [1.54, 1.807) is 0 Å². The fourth-order valence-electron chi connectivity index (χ4n) is 3.94. The molecule has 1 aromatic heterocycles. The molecule has 0 aromatic carbocycles. The average molecular weight is 234 g/mol. The Morgan fingerprint density at radius 1 is 1.41 bits per heavy atom. The SMILES string of the molecule is Cc1coc2c1C[C@]1(C)[C@H](CC[C@@H](O)[C@H]1C)C2. The predicted molar refractivity (Wildman–Crippen MR) is 66.9 cm³/mol. The van der Waals surface area contributed by atoms with E-state index >= 15 is 0 Å². The van der Waals surface area contributed by atoms with Gasteiger partial charge < -0.3 is 9.52 Å². The minimum atomic E-state index is -0.120. The maximum atomic E-state index is 10.1. The summed E-state index contributed by atoms with van der Waals surface area (Å²) in [5.41, 5.74) is 2.94. The molecule has 2 aliphatic rings. The molecule has 0 radical (unpaired) electrons. The first-order chi connectivity index (χ1) is 8.02. The lowest BCUT2D eigenvalue weighted by Crippen LogP contribution is -2.48. The molecule has 0 spiro atoms. The minimum Gasteiger partial charge on any atom is -0.469 e. The highest BCUT2D eigenvalue weighted by molar-refractivity contribution is 5.32. The maximum Gasteiger partial charge on any atom is 0.107 e. The molecule has 1 N–H and O–H groups in total. The molecule has 0 amide bonds. The van der Waals surface area contributed by atoms with Crippen molar-refractivity contribution in [1.82, 2.24) is 0 Å². The van der Waals surface area contributed by atoms with E-state index < -0.39 is 0 Å². The third kappa shape index (κ3) is 1.50. The zero-order chi connectivity index (χ0) is 12.2. The molecule has 2 heteroatoms. The lowest BCUT2D eigenvalue weighted by Gasteiger charge is -2.50. The molecule has 0 aliphatic heterocycles. The van der Waals surface area contributed by atoms with Crippen LogP contribution in [0.2, 0.25) is 0 Å². The highest BCUT2D eigenvalue weighted by atomic mass is 16.3. The van der Waals surface area contributed by atoms with Gasteiger partial charge in [0.25, 0.3) is 0 Å². The normalized spacial score (nSPS) is 40.8. The highest BCUT2D eigenvalue weighted by Gasteiger charge is 2.49. The lowest BCUT2D eigenvalue weighted by molar-refractivity contribution is -0.0546. The van der Waals surface area contributed by atoms with Crippen LogP contribution < -0.4 is 0 Å². The second-order valence-electron chi connectivity index (χ2n) is 6.34. The van der Waals surface area contributed by atoms with Crippen molar-refractivity contribution >= 4 is 0 Å². The summed E-state index contributed by atoms with van der Waals surface area (Å²) in [7, 11) is 0. The van der Waals surface area contributed by atoms with E-state index in [1.807, 2.05) is 6.26 Å². The Labute approximate surface area is 103 Å². The molecule has 1 saturated carbocycles. The third-order valence-electron chi connectivity index (χ3n) is 5.54.